The minimum atomic E-state index is -0.613. The van der Waals surface area contributed by atoms with Gasteiger partial charge in [0.2, 0.25) is 0 Å². The van der Waals surface area contributed by atoms with Gasteiger partial charge < -0.3 is 9.47 Å². The number of carbonyl (C=O) groups is 1. The summed E-state index contributed by atoms with van der Waals surface area (Å²) in [4.78, 5) is 12.3. The molecule has 134 valence electrons. The van der Waals surface area contributed by atoms with Crippen molar-refractivity contribution in [2.45, 2.75) is 58.5 Å². The number of benzene rings is 2. The SMILES string of the molecule is CCCCCC(CCC)OC(=O)Oc1ccccc1-c1ccccc1. The first kappa shape index (κ1) is 19.0. The third-order valence-corrected chi connectivity index (χ3v) is 4.17. The lowest BCUT2D eigenvalue weighted by Gasteiger charge is -2.17. The van der Waals surface area contributed by atoms with Crippen LogP contribution in [0.1, 0.15) is 52.4 Å². The second-order valence-corrected chi connectivity index (χ2v) is 6.24. The molecule has 0 radical (unpaired) electrons. The molecule has 2 aromatic rings. The van der Waals surface area contributed by atoms with Crippen LogP contribution >= 0.6 is 0 Å². The van der Waals surface area contributed by atoms with Crippen molar-refractivity contribution in [3.63, 3.8) is 0 Å². The highest BCUT2D eigenvalue weighted by Gasteiger charge is 2.17. The molecule has 0 spiro atoms. The summed E-state index contributed by atoms with van der Waals surface area (Å²) in [6.45, 7) is 4.27. The summed E-state index contributed by atoms with van der Waals surface area (Å²) >= 11 is 0. The Kier molecular flexibility index (Phi) is 8.03. The van der Waals surface area contributed by atoms with E-state index in [-0.39, 0.29) is 6.10 Å². The molecule has 25 heavy (non-hydrogen) atoms. The van der Waals surface area contributed by atoms with Gasteiger partial charge in [0.15, 0.2) is 0 Å². The van der Waals surface area contributed by atoms with Gasteiger partial charge in [0, 0.05) is 5.56 Å². The van der Waals surface area contributed by atoms with Gasteiger partial charge in [-0.05, 0) is 30.9 Å². The summed E-state index contributed by atoms with van der Waals surface area (Å²) in [5, 5.41) is 0. The largest absolute Gasteiger partial charge is 0.514 e. The van der Waals surface area contributed by atoms with Crippen LogP contribution in [0.4, 0.5) is 4.79 Å². The topological polar surface area (TPSA) is 35.5 Å². The average Bonchev–Trinajstić information content (AvgIpc) is 2.63. The van der Waals surface area contributed by atoms with Crippen LogP contribution in [0.2, 0.25) is 0 Å². The molecule has 0 aliphatic heterocycles. The van der Waals surface area contributed by atoms with Gasteiger partial charge in [0.1, 0.15) is 11.9 Å². The van der Waals surface area contributed by atoms with Gasteiger partial charge in [-0.3, -0.25) is 0 Å². The van der Waals surface area contributed by atoms with E-state index in [1.54, 1.807) is 6.07 Å². The van der Waals surface area contributed by atoms with Crippen molar-refractivity contribution in [3.05, 3.63) is 54.6 Å². The maximum atomic E-state index is 12.3. The molecular formula is C22H28O3. The predicted octanol–water partition coefficient (Wildman–Crippen LogP) is 6.62. The van der Waals surface area contributed by atoms with Crippen molar-refractivity contribution < 1.29 is 14.3 Å². The lowest BCUT2D eigenvalue weighted by molar-refractivity contribution is 0.0494. The molecule has 0 aromatic heterocycles. The van der Waals surface area contributed by atoms with E-state index in [9.17, 15) is 4.79 Å². The van der Waals surface area contributed by atoms with E-state index in [0.717, 1.165) is 49.7 Å². The maximum absolute atomic E-state index is 12.3. The summed E-state index contributed by atoms with van der Waals surface area (Å²) in [7, 11) is 0. The lowest BCUT2D eigenvalue weighted by atomic mass is 10.1. The van der Waals surface area contributed by atoms with E-state index in [1.165, 1.54) is 0 Å². The lowest BCUT2D eigenvalue weighted by Crippen LogP contribution is -2.21. The quantitative estimate of drug-likeness (QED) is 0.292. The van der Waals surface area contributed by atoms with Crippen molar-refractivity contribution in [1.82, 2.24) is 0 Å². The third kappa shape index (κ3) is 6.26. The first-order valence-corrected chi connectivity index (χ1v) is 9.27. The molecule has 1 atom stereocenters. The molecule has 0 bridgehead atoms. The highest BCUT2D eigenvalue weighted by molar-refractivity contribution is 5.74. The van der Waals surface area contributed by atoms with Crippen LogP contribution < -0.4 is 4.74 Å². The second-order valence-electron chi connectivity index (χ2n) is 6.24. The Morgan fingerprint density at radius 1 is 0.880 bits per heavy atom. The van der Waals surface area contributed by atoms with Crippen molar-refractivity contribution in [1.29, 1.82) is 0 Å². The van der Waals surface area contributed by atoms with Gasteiger partial charge >= 0.3 is 6.16 Å². The summed E-state index contributed by atoms with van der Waals surface area (Å²) in [5.74, 6) is 0.530. The summed E-state index contributed by atoms with van der Waals surface area (Å²) in [6.07, 6.45) is 5.49. The van der Waals surface area contributed by atoms with Gasteiger partial charge in [-0.15, -0.1) is 0 Å². The number of carbonyl (C=O) groups excluding carboxylic acids is 1. The predicted molar refractivity (Wildman–Crippen MR) is 102 cm³/mol. The molecule has 3 heteroatoms. The Hall–Kier alpha value is -2.29. The zero-order chi connectivity index (χ0) is 17.9. The van der Waals surface area contributed by atoms with E-state index < -0.39 is 6.16 Å². The highest BCUT2D eigenvalue weighted by atomic mass is 16.7. The minimum Gasteiger partial charge on any atom is -0.431 e. The van der Waals surface area contributed by atoms with Gasteiger partial charge in [0.25, 0.3) is 0 Å². The maximum Gasteiger partial charge on any atom is 0.514 e. The second kappa shape index (κ2) is 10.5. The van der Waals surface area contributed by atoms with Crippen molar-refractivity contribution in [3.8, 4) is 16.9 Å². The van der Waals surface area contributed by atoms with Crippen molar-refractivity contribution in [2.24, 2.45) is 0 Å². The fourth-order valence-corrected chi connectivity index (χ4v) is 2.87. The van der Waals surface area contributed by atoms with E-state index in [1.807, 2.05) is 48.5 Å². The molecule has 0 heterocycles. The smallest absolute Gasteiger partial charge is 0.431 e. The zero-order valence-corrected chi connectivity index (χ0v) is 15.2. The van der Waals surface area contributed by atoms with E-state index in [0.29, 0.717) is 5.75 Å². The molecule has 3 nitrogen and oxygen atoms in total. The van der Waals surface area contributed by atoms with Crippen LogP contribution in [-0.4, -0.2) is 12.3 Å². The van der Waals surface area contributed by atoms with Crippen LogP contribution in [0.5, 0.6) is 5.75 Å². The summed E-state index contributed by atoms with van der Waals surface area (Å²) in [6, 6.07) is 17.4. The first-order chi connectivity index (χ1) is 12.2. The Morgan fingerprint density at radius 2 is 1.60 bits per heavy atom. The van der Waals surface area contributed by atoms with Gasteiger partial charge in [-0.1, -0.05) is 81.6 Å². The van der Waals surface area contributed by atoms with Crippen LogP contribution in [0.3, 0.4) is 0 Å². The Labute approximate surface area is 151 Å². The molecule has 0 fully saturated rings. The molecule has 1 unspecified atom stereocenters. The fourth-order valence-electron chi connectivity index (χ4n) is 2.87. The van der Waals surface area contributed by atoms with Crippen LogP contribution in [0.15, 0.2) is 54.6 Å². The number of rotatable bonds is 9. The van der Waals surface area contributed by atoms with Crippen molar-refractivity contribution >= 4 is 6.16 Å². The molecule has 0 amide bonds. The number of hydrogen-bond donors (Lipinski definition) is 0. The molecule has 0 N–H and O–H groups in total. The van der Waals surface area contributed by atoms with E-state index >= 15 is 0 Å². The monoisotopic (exact) mass is 340 g/mol. The number of para-hydroxylation sites is 1. The fraction of sp³-hybridized carbons (Fsp3) is 0.409. The Balaban J connectivity index is 2.02. The molecule has 0 aliphatic rings. The Morgan fingerprint density at radius 3 is 2.32 bits per heavy atom. The molecule has 0 saturated heterocycles. The molecule has 2 rings (SSSR count). The summed E-state index contributed by atoms with van der Waals surface area (Å²) < 4.78 is 11.1. The van der Waals surface area contributed by atoms with Gasteiger partial charge in [0.05, 0.1) is 0 Å². The first-order valence-electron chi connectivity index (χ1n) is 9.27. The van der Waals surface area contributed by atoms with Crippen LogP contribution in [0, 0.1) is 0 Å². The van der Waals surface area contributed by atoms with E-state index in [4.69, 9.17) is 9.47 Å². The minimum absolute atomic E-state index is 0.0621. The van der Waals surface area contributed by atoms with Crippen molar-refractivity contribution in [2.75, 3.05) is 0 Å². The molecular weight excluding hydrogens is 312 g/mol. The molecule has 0 saturated carbocycles. The molecule has 2 aromatic carbocycles. The van der Waals surface area contributed by atoms with Gasteiger partial charge in [-0.2, -0.15) is 0 Å². The normalized spacial score (nSPS) is 11.8. The zero-order valence-electron chi connectivity index (χ0n) is 15.2. The van der Waals surface area contributed by atoms with Crippen LogP contribution in [0.25, 0.3) is 11.1 Å². The highest BCUT2D eigenvalue weighted by Crippen LogP contribution is 2.30. The van der Waals surface area contributed by atoms with Crippen LogP contribution in [-0.2, 0) is 4.74 Å². The third-order valence-electron chi connectivity index (χ3n) is 4.17. The van der Waals surface area contributed by atoms with E-state index in [2.05, 4.69) is 13.8 Å². The van der Waals surface area contributed by atoms with Gasteiger partial charge in [-0.25, -0.2) is 4.79 Å². The number of ether oxygens (including phenoxy) is 2. The Bertz CT molecular complexity index is 637. The summed E-state index contributed by atoms with van der Waals surface area (Å²) in [5.41, 5.74) is 1.90. The standard InChI is InChI=1S/C22H28O3/c1-3-5-7-15-19(12-4-2)24-22(23)25-21-17-11-10-16-20(21)18-13-8-6-9-14-18/h6,8-11,13-14,16-17,19H,3-5,7,12,15H2,1-2H3. The average molecular weight is 340 g/mol. The number of unbranched alkanes of at least 4 members (excludes halogenated alkanes) is 2. The number of hydrogen-bond acceptors (Lipinski definition) is 3. The molecule has 0 aliphatic carbocycles.